The molecule has 0 amide bonds. The van der Waals surface area contributed by atoms with Gasteiger partial charge in [-0.3, -0.25) is 14.7 Å². The number of hydrogen-bond acceptors (Lipinski definition) is 7. The van der Waals surface area contributed by atoms with Crippen LogP contribution in [0.1, 0.15) is 11.4 Å². The summed E-state index contributed by atoms with van der Waals surface area (Å²) in [7, 11) is 0. The van der Waals surface area contributed by atoms with Crippen molar-refractivity contribution in [1.82, 2.24) is 19.9 Å². The van der Waals surface area contributed by atoms with Crippen LogP contribution >= 0.6 is 0 Å². The zero-order valence-corrected chi connectivity index (χ0v) is 20.0. The first-order chi connectivity index (χ1) is 17.1. The van der Waals surface area contributed by atoms with E-state index >= 15 is 0 Å². The second kappa shape index (κ2) is 10.2. The number of aromatic amines is 1. The third-order valence-electron chi connectivity index (χ3n) is 6.13. The third kappa shape index (κ3) is 5.34. The molecule has 4 heterocycles. The Bertz CT molecular complexity index is 1400. The van der Waals surface area contributed by atoms with Gasteiger partial charge >= 0.3 is 0 Å². The Morgan fingerprint density at radius 2 is 1.94 bits per heavy atom. The van der Waals surface area contributed by atoms with Crippen molar-refractivity contribution in [1.29, 1.82) is 0 Å². The zero-order valence-electron chi connectivity index (χ0n) is 20.0. The number of nitrogens with zero attached hydrogens (tertiary/aromatic N) is 3. The van der Waals surface area contributed by atoms with E-state index in [0.29, 0.717) is 17.8 Å². The largest absolute Gasteiger partial charge is 0.492 e. The number of rotatable bonds is 7. The highest BCUT2D eigenvalue weighted by molar-refractivity contribution is 5.95. The van der Waals surface area contributed by atoms with Gasteiger partial charge in [-0.2, -0.15) is 0 Å². The predicted molar refractivity (Wildman–Crippen MR) is 138 cm³/mol. The topological polar surface area (TPSA) is 92.4 Å². The van der Waals surface area contributed by atoms with Crippen LogP contribution in [0.5, 0.6) is 5.75 Å². The summed E-state index contributed by atoms with van der Waals surface area (Å²) in [5, 5.41) is 4.66. The average Bonchev–Trinajstić information content (AvgIpc) is 2.85. The van der Waals surface area contributed by atoms with Gasteiger partial charge < -0.3 is 19.8 Å². The number of aryl methyl sites for hydroxylation is 2. The number of pyridine rings is 3. The lowest BCUT2D eigenvalue weighted by atomic mass is 10.1. The van der Waals surface area contributed by atoms with Gasteiger partial charge in [0, 0.05) is 54.5 Å². The molecule has 1 aromatic carbocycles. The minimum absolute atomic E-state index is 0.194. The Morgan fingerprint density at radius 3 is 2.77 bits per heavy atom. The molecular formula is C27H29N5O3. The molecule has 1 saturated heterocycles. The predicted octanol–water partition coefficient (Wildman–Crippen LogP) is 4.06. The number of fused-ring (bicyclic) bond motifs is 1. The molecule has 0 radical (unpaired) electrons. The Labute approximate surface area is 203 Å². The van der Waals surface area contributed by atoms with Crippen molar-refractivity contribution >= 4 is 22.3 Å². The van der Waals surface area contributed by atoms with E-state index in [1.54, 1.807) is 6.20 Å². The molecule has 1 aliphatic rings. The number of anilines is 2. The SMILES string of the molecule is Cc1ccc(-c2cc3cc[nH]c(=O)c3c(Nc3cccc(OCCN4CCOCC4)c3)n2)c(C)n1. The molecule has 35 heavy (non-hydrogen) atoms. The molecule has 180 valence electrons. The second-order valence-corrected chi connectivity index (χ2v) is 8.67. The van der Waals surface area contributed by atoms with E-state index in [9.17, 15) is 4.79 Å². The standard InChI is InChI=1S/C27H29N5O3/c1-18-6-7-23(19(2)29-18)24-16-20-8-9-28-27(33)25(20)26(31-24)30-21-4-3-5-22(17-21)35-15-12-32-10-13-34-14-11-32/h3-9,16-17H,10-15H2,1-2H3,(H,28,33)(H,30,31). The van der Waals surface area contributed by atoms with Crippen LogP contribution in [0.15, 0.2) is 59.5 Å². The summed E-state index contributed by atoms with van der Waals surface area (Å²) in [6, 6.07) is 15.5. The molecule has 0 spiro atoms. The van der Waals surface area contributed by atoms with Crippen LogP contribution in [0.2, 0.25) is 0 Å². The van der Waals surface area contributed by atoms with Crippen LogP contribution in [0.3, 0.4) is 0 Å². The number of ether oxygens (including phenoxy) is 2. The van der Waals surface area contributed by atoms with Gasteiger partial charge in [-0.15, -0.1) is 0 Å². The molecule has 3 aromatic heterocycles. The normalized spacial score (nSPS) is 14.2. The fraction of sp³-hybridized carbons (Fsp3) is 0.296. The number of H-pyrrole nitrogens is 1. The highest BCUT2D eigenvalue weighted by Gasteiger charge is 2.14. The van der Waals surface area contributed by atoms with Gasteiger partial charge in [0.2, 0.25) is 0 Å². The highest BCUT2D eigenvalue weighted by atomic mass is 16.5. The lowest BCUT2D eigenvalue weighted by Crippen LogP contribution is -2.38. The number of nitrogens with one attached hydrogen (secondary N) is 2. The molecular weight excluding hydrogens is 442 g/mol. The smallest absolute Gasteiger partial charge is 0.259 e. The summed E-state index contributed by atoms with van der Waals surface area (Å²) in [5.74, 6) is 1.25. The van der Waals surface area contributed by atoms with Gasteiger partial charge in [0.25, 0.3) is 5.56 Å². The Kier molecular flexibility index (Phi) is 6.74. The monoisotopic (exact) mass is 471 g/mol. The molecule has 0 atom stereocenters. The van der Waals surface area contributed by atoms with Crippen molar-refractivity contribution in [3.05, 3.63) is 76.5 Å². The Balaban J connectivity index is 1.42. The minimum Gasteiger partial charge on any atom is -0.492 e. The van der Waals surface area contributed by atoms with E-state index in [-0.39, 0.29) is 5.56 Å². The molecule has 1 fully saturated rings. The van der Waals surface area contributed by atoms with Gasteiger partial charge in [-0.05, 0) is 55.6 Å². The van der Waals surface area contributed by atoms with E-state index in [0.717, 1.165) is 72.3 Å². The number of morpholine rings is 1. The van der Waals surface area contributed by atoms with Crippen molar-refractivity contribution in [2.24, 2.45) is 0 Å². The van der Waals surface area contributed by atoms with Crippen molar-refractivity contribution in [2.45, 2.75) is 13.8 Å². The van der Waals surface area contributed by atoms with Crippen molar-refractivity contribution in [3.63, 3.8) is 0 Å². The van der Waals surface area contributed by atoms with E-state index < -0.39 is 0 Å². The van der Waals surface area contributed by atoms with Gasteiger partial charge in [0.1, 0.15) is 18.2 Å². The molecule has 5 rings (SSSR count). The van der Waals surface area contributed by atoms with Gasteiger partial charge in [-0.1, -0.05) is 6.07 Å². The van der Waals surface area contributed by atoms with E-state index in [1.165, 1.54) is 0 Å². The van der Waals surface area contributed by atoms with Gasteiger partial charge in [-0.25, -0.2) is 4.98 Å². The van der Waals surface area contributed by atoms with E-state index in [1.807, 2.05) is 62.4 Å². The third-order valence-corrected chi connectivity index (χ3v) is 6.13. The van der Waals surface area contributed by atoms with Crippen LogP contribution in [-0.2, 0) is 4.74 Å². The molecule has 8 nitrogen and oxygen atoms in total. The Hall–Kier alpha value is -3.75. The lowest BCUT2D eigenvalue weighted by molar-refractivity contribution is 0.0322. The van der Waals surface area contributed by atoms with Crippen molar-refractivity contribution in [3.8, 4) is 17.0 Å². The number of aromatic nitrogens is 3. The molecule has 0 bridgehead atoms. The van der Waals surface area contributed by atoms with Gasteiger partial charge in [0.05, 0.1) is 24.3 Å². The summed E-state index contributed by atoms with van der Waals surface area (Å²) in [4.78, 5) is 27.2. The maximum absolute atomic E-state index is 12.7. The zero-order chi connectivity index (χ0) is 24.2. The summed E-state index contributed by atoms with van der Waals surface area (Å²) < 4.78 is 11.4. The van der Waals surface area contributed by atoms with E-state index in [2.05, 4.69) is 20.2 Å². The van der Waals surface area contributed by atoms with Crippen molar-refractivity contribution < 1.29 is 9.47 Å². The highest BCUT2D eigenvalue weighted by Crippen LogP contribution is 2.30. The first kappa shape index (κ1) is 23.0. The molecule has 4 aromatic rings. The van der Waals surface area contributed by atoms with Crippen LogP contribution in [0, 0.1) is 13.8 Å². The minimum atomic E-state index is -0.194. The molecule has 1 aliphatic heterocycles. The summed E-state index contributed by atoms with van der Waals surface area (Å²) in [6.07, 6.45) is 1.65. The Morgan fingerprint density at radius 1 is 1.09 bits per heavy atom. The van der Waals surface area contributed by atoms with Crippen molar-refractivity contribution in [2.75, 3.05) is 44.8 Å². The molecule has 0 saturated carbocycles. The van der Waals surface area contributed by atoms with Crippen LogP contribution < -0.4 is 15.6 Å². The summed E-state index contributed by atoms with van der Waals surface area (Å²) >= 11 is 0. The maximum Gasteiger partial charge on any atom is 0.259 e. The number of benzene rings is 1. The molecule has 0 aliphatic carbocycles. The molecule has 2 N–H and O–H groups in total. The van der Waals surface area contributed by atoms with Crippen LogP contribution in [-0.4, -0.2) is 59.3 Å². The maximum atomic E-state index is 12.7. The number of hydrogen-bond donors (Lipinski definition) is 2. The first-order valence-corrected chi connectivity index (χ1v) is 11.8. The van der Waals surface area contributed by atoms with Gasteiger partial charge in [0.15, 0.2) is 0 Å². The van der Waals surface area contributed by atoms with E-state index in [4.69, 9.17) is 14.5 Å². The summed E-state index contributed by atoms with van der Waals surface area (Å²) in [5.41, 5.74) is 4.13. The van der Waals surface area contributed by atoms with Crippen LogP contribution in [0.25, 0.3) is 22.0 Å². The summed E-state index contributed by atoms with van der Waals surface area (Å²) in [6.45, 7) is 8.81. The first-order valence-electron chi connectivity index (χ1n) is 11.8. The molecule has 8 heteroatoms. The fourth-order valence-corrected chi connectivity index (χ4v) is 4.32. The average molecular weight is 472 g/mol. The molecule has 0 unspecified atom stereocenters. The van der Waals surface area contributed by atoms with Crippen LogP contribution in [0.4, 0.5) is 11.5 Å². The fourth-order valence-electron chi connectivity index (χ4n) is 4.32. The second-order valence-electron chi connectivity index (χ2n) is 8.67. The lowest BCUT2D eigenvalue weighted by Gasteiger charge is -2.26. The quantitative estimate of drug-likeness (QED) is 0.420.